The molecule has 4 N–H and O–H groups in total. The molecule has 3 aromatic carbocycles. The lowest BCUT2D eigenvalue weighted by Gasteiger charge is -2.40. The van der Waals surface area contributed by atoms with Gasteiger partial charge in [0.15, 0.2) is 0 Å². The van der Waals surface area contributed by atoms with Crippen LogP contribution in [0.4, 0.5) is 5.69 Å². The third-order valence-corrected chi connectivity index (χ3v) is 13.0. The highest BCUT2D eigenvalue weighted by Crippen LogP contribution is 2.44. The Balaban J connectivity index is 1.32. The van der Waals surface area contributed by atoms with Crippen molar-refractivity contribution in [3.05, 3.63) is 85.9 Å². The SMILES string of the molecule is CC1(C)c2cc3c(cc2C=c2cc4c5c(c21)CCC[N+]=5CCC4)C(NCCCCCC(=O)O)CCN3Cc1ccc(S(=O)(=O)O)cc1S(=O)(=O)O. The number of carbonyl (C=O) groups is 1. The number of nitrogens with one attached hydrogen (secondary N) is 1. The number of carboxylic acid groups (broad SMARTS) is 1. The van der Waals surface area contributed by atoms with Crippen LogP contribution in [0.5, 0.6) is 0 Å². The minimum Gasteiger partial charge on any atom is -0.481 e. The molecule has 0 saturated carbocycles. The van der Waals surface area contributed by atoms with Crippen molar-refractivity contribution in [3.8, 4) is 0 Å². The van der Waals surface area contributed by atoms with Gasteiger partial charge in [-0.2, -0.15) is 16.8 Å². The Kier molecular flexibility index (Phi) is 9.41. The lowest BCUT2D eigenvalue weighted by Crippen LogP contribution is -2.48. The first-order chi connectivity index (χ1) is 24.1. The number of fused-ring (bicyclic) bond motifs is 4. The molecule has 0 bridgehead atoms. The van der Waals surface area contributed by atoms with Gasteiger partial charge in [0.25, 0.3) is 20.2 Å². The predicted octanol–water partition coefficient (Wildman–Crippen LogP) is 3.72. The largest absolute Gasteiger partial charge is 0.481 e. The van der Waals surface area contributed by atoms with E-state index >= 15 is 0 Å². The summed E-state index contributed by atoms with van der Waals surface area (Å²) < 4.78 is 71.0. The van der Waals surface area contributed by atoms with Gasteiger partial charge >= 0.3 is 5.97 Å². The third kappa shape index (κ3) is 6.86. The average molecular weight is 737 g/mol. The summed E-state index contributed by atoms with van der Waals surface area (Å²) in [5.74, 6) is -0.790. The summed E-state index contributed by atoms with van der Waals surface area (Å²) in [6.45, 7) is 8.12. The van der Waals surface area contributed by atoms with Gasteiger partial charge in [-0.3, -0.25) is 13.9 Å². The maximum Gasteiger partial charge on any atom is 0.303 e. The maximum absolute atomic E-state index is 12.5. The van der Waals surface area contributed by atoms with Gasteiger partial charge in [-0.15, -0.1) is 0 Å². The molecule has 4 aliphatic rings. The van der Waals surface area contributed by atoms with E-state index in [9.17, 15) is 30.7 Å². The molecule has 0 spiro atoms. The molecule has 3 aliphatic heterocycles. The minimum atomic E-state index is -4.82. The van der Waals surface area contributed by atoms with E-state index in [-0.39, 0.29) is 30.0 Å². The van der Waals surface area contributed by atoms with E-state index in [1.165, 1.54) is 38.9 Å². The normalized spacial score (nSPS) is 19.0. The number of carboxylic acids is 1. The van der Waals surface area contributed by atoms with Crippen LogP contribution in [0.15, 0.2) is 46.2 Å². The van der Waals surface area contributed by atoms with Crippen molar-refractivity contribution < 1.29 is 35.8 Å². The van der Waals surface area contributed by atoms with Crippen molar-refractivity contribution in [2.75, 3.05) is 31.1 Å². The zero-order chi connectivity index (χ0) is 36.3. The lowest BCUT2D eigenvalue weighted by molar-refractivity contribution is -0.137. The fourth-order valence-corrected chi connectivity index (χ4v) is 10.3. The number of aryl methyl sites for hydroxylation is 1. The van der Waals surface area contributed by atoms with Gasteiger partial charge < -0.3 is 15.3 Å². The molecule has 272 valence electrons. The molecule has 1 unspecified atom stereocenters. The van der Waals surface area contributed by atoms with E-state index in [0.29, 0.717) is 19.4 Å². The predicted molar refractivity (Wildman–Crippen MR) is 194 cm³/mol. The molecule has 0 radical (unpaired) electrons. The van der Waals surface area contributed by atoms with Gasteiger partial charge in [0, 0.05) is 60.6 Å². The molecule has 0 aromatic heterocycles. The Morgan fingerprint density at radius 3 is 2.47 bits per heavy atom. The summed E-state index contributed by atoms with van der Waals surface area (Å²) in [6, 6.07) is 10.2. The van der Waals surface area contributed by atoms with Gasteiger partial charge in [-0.1, -0.05) is 26.3 Å². The zero-order valence-electron chi connectivity index (χ0n) is 29.1. The highest BCUT2D eigenvalue weighted by Gasteiger charge is 2.38. The third-order valence-electron chi connectivity index (χ3n) is 11.2. The van der Waals surface area contributed by atoms with Crippen molar-refractivity contribution in [3.63, 3.8) is 0 Å². The summed E-state index contributed by atoms with van der Waals surface area (Å²) in [4.78, 5) is 11.9. The Morgan fingerprint density at radius 2 is 1.75 bits per heavy atom. The first-order valence-electron chi connectivity index (χ1n) is 17.9. The molecule has 1 atom stereocenters. The molecular formula is C38H46N3O8S2+. The molecule has 1 aliphatic carbocycles. The number of rotatable bonds is 11. The van der Waals surface area contributed by atoms with E-state index in [1.54, 1.807) is 0 Å². The van der Waals surface area contributed by atoms with Gasteiger partial charge in [-0.25, -0.2) is 4.58 Å². The standard InChI is InChI=1S/C38H45N3O8S2/c1-38(2)31-22-33-30(20-26(31)19-27-18-24-8-6-15-40-16-7-9-29(36(27)38)37(24)40)32(39-14-5-3-4-10-35(42)43)13-17-41(33)23-25-11-12-28(50(44,45)46)21-34(25)51(47,48)49/h11-12,18-22,32,39H,3-10,13-17,23H2,1-2H3,(H2-,42,43,44,45,46,47,48,49)/p+1. The summed E-state index contributed by atoms with van der Waals surface area (Å²) in [6.07, 6.45) is 9.86. The van der Waals surface area contributed by atoms with E-state index in [2.05, 4.69) is 52.9 Å². The monoisotopic (exact) mass is 736 g/mol. The second kappa shape index (κ2) is 13.4. The maximum atomic E-state index is 12.5. The molecule has 3 heterocycles. The highest BCUT2D eigenvalue weighted by atomic mass is 32.2. The average Bonchev–Trinajstić information content (AvgIpc) is 3.05. The molecule has 13 heteroatoms. The van der Waals surface area contributed by atoms with Crippen LogP contribution in [-0.2, 0) is 49.8 Å². The van der Waals surface area contributed by atoms with Gasteiger partial charge in [0.1, 0.15) is 18.0 Å². The van der Waals surface area contributed by atoms with Crippen LogP contribution in [0.3, 0.4) is 0 Å². The smallest absolute Gasteiger partial charge is 0.303 e. The topological polar surface area (TPSA) is 164 Å². The summed E-state index contributed by atoms with van der Waals surface area (Å²) in [7, 11) is -9.52. The van der Waals surface area contributed by atoms with Crippen LogP contribution in [0.25, 0.3) is 6.08 Å². The van der Waals surface area contributed by atoms with Crippen molar-refractivity contribution in [1.29, 1.82) is 0 Å². The van der Waals surface area contributed by atoms with Crippen LogP contribution < -0.4 is 25.4 Å². The molecule has 0 amide bonds. The second-order valence-electron chi connectivity index (χ2n) is 14.9. The minimum absolute atomic E-state index is 0.000124. The first kappa shape index (κ1) is 35.8. The molecule has 0 fully saturated rings. The number of nitrogens with zero attached hydrogens (tertiary/aromatic N) is 2. The van der Waals surface area contributed by atoms with Crippen LogP contribution >= 0.6 is 0 Å². The van der Waals surface area contributed by atoms with Gasteiger partial charge in [0.05, 0.1) is 4.90 Å². The summed E-state index contributed by atoms with van der Waals surface area (Å²) in [5.41, 5.74) is 8.46. The fourth-order valence-electron chi connectivity index (χ4n) is 8.94. The van der Waals surface area contributed by atoms with Crippen LogP contribution in [0.2, 0.25) is 0 Å². The summed E-state index contributed by atoms with van der Waals surface area (Å²) in [5, 5.41) is 15.4. The Hall–Kier alpha value is -3.62. The second-order valence-corrected chi connectivity index (χ2v) is 17.7. The van der Waals surface area contributed by atoms with E-state index < -0.39 is 36.0 Å². The van der Waals surface area contributed by atoms with Crippen LogP contribution in [0, 0.1) is 0 Å². The molecule has 11 nitrogen and oxygen atoms in total. The highest BCUT2D eigenvalue weighted by molar-refractivity contribution is 7.86. The van der Waals surface area contributed by atoms with Crippen molar-refractivity contribution >= 4 is 38.0 Å². The first-order valence-corrected chi connectivity index (χ1v) is 20.8. The number of hydrogen-bond acceptors (Lipinski definition) is 7. The molecule has 51 heavy (non-hydrogen) atoms. The van der Waals surface area contributed by atoms with Gasteiger partial charge in [-0.05, 0) is 108 Å². The Bertz CT molecular complexity index is 2280. The molecular weight excluding hydrogens is 691 g/mol. The van der Waals surface area contributed by atoms with E-state index in [4.69, 9.17) is 5.11 Å². The fraction of sp³-hybridized carbons (Fsp3) is 0.474. The summed E-state index contributed by atoms with van der Waals surface area (Å²) >= 11 is 0. The number of benzene rings is 3. The Labute approximate surface area is 299 Å². The van der Waals surface area contributed by atoms with E-state index in [1.807, 2.05) is 0 Å². The number of unbranched alkanes of at least 4 members (excludes halogenated alkanes) is 2. The molecule has 0 saturated heterocycles. The van der Waals surface area contributed by atoms with Crippen LogP contribution in [-0.4, -0.2) is 63.2 Å². The van der Waals surface area contributed by atoms with Crippen molar-refractivity contribution in [1.82, 2.24) is 9.89 Å². The van der Waals surface area contributed by atoms with Crippen molar-refractivity contribution in [2.45, 2.75) is 99.4 Å². The van der Waals surface area contributed by atoms with E-state index in [0.717, 1.165) is 87.1 Å². The number of hydrogen-bond donors (Lipinski definition) is 4. The quantitative estimate of drug-likeness (QED) is 0.130. The molecule has 7 rings (SSSR count). The van der Waals surface area contributed by atoms with Crippen molar-refractivity contribution in [2.24, 2.45) is 0 Å². The van der Waals surface area contributed by atoms with Gasteiger partial charge in [0.2, 0.25) is 5.36 Å². The number of aliphatic carboxylic acids is 1. The molecule has 3 aromatic rings. The number of anilines is 1. The Morgan fingerprint density at radius 1 is 0.980 bits per heavy atom. The van der Waals surface area contributed by atoms with Crippen LogP contribution in [0.1, 0.15) is 104 Å². The lowest BCUT2D eigenvalue weighted by atomic mass is 9.68. The zero-order valence-corrected chi connectivity index (χ0v) is 30.7.